The third-order valence-electron chi connectivity index (χ3n) is 1.71. The van der Waals surface area contributed by atoms with E-state index in [-0.39, 0.29) is 5.56 Å². The molecule has 0 amide bonds. The van der Waals surface area contributed by atoms with Gasteiger partial charge in [0.05, 0.1) is 12.7 Å². The predicted octanol–water partition coefficient (Wildman–Crippen LogP) is 2.31. The number of methoxy groups -OCH3 is 1. The number of ether oxygens (including phenoxy) is 1. The third kappa shape index (κ3) is 2.12. The molecule has 0 saturated carbocycles. The number of hydrogen-bond acceptors (Lipinski definition) is 2. The molecule has 0 radical (unpaired) electrons. The van der Waals surface area contributed by atoms with Gasteiger partial charge in [0, 0.05) is 3.57 Å². The molecule has 0 aliphatic heterocycles. The van der Waals surface area contributed by atoms with E-state index in [1.54, 1.807) is 12.1 Å². The topological polar surface area (TPSA) is 46.5 Å². The van der Waals surface area contributed by atoms with Crippen LogP contribution in [0.15, 0.2) is 12.1 Å². The van der Waals surface area contributed by atoms with Crippen molar-refractivity contribution in [3.8, 4) is 5.75 Å². The average Bonchev–Trinajstić information content (AvgIpc) is 2.03. The summed E-state index contributed by atoms with van der Waals surface area (Å²) in [5.41, 5.74) is 1.22. The van der Waals surface area contributed by atoms with Crippen molar-refractivity contribution < 1.29 is 14.6 Å². The maximum atomic E-state index is 10.7. The summed E-state index contributed by atoms with van der Waals surface area (Å²) in [6.45, 7) is 1.88. The Morgan fingerprint density at radius 3 is 2.62 bits per heavy atom. The molecular weight excluding hydrogens is 283 g/mol. The molecule has 4 heteroatoms. The molecule has 1 rings (SSSR count). The number of carboxylic acids is 1. The molecule has 70 valence electrons. The maximum Gasteiger partial charge on any atom is 0.336 e. The molecule has 0 fully saturated rings. The first-order valence-electron chi connectivity index (χ1n) is 3.63. The molecule has 0 aliphatic carbocycles. The summed E-state index contributed by atoms with van der Waals surface area (Å²) in [6.07, 6.45) is 0. The molecule has 1 aromatic rings. The van der Waals surface area contributed by atoms with Crippen LogP contribution in [-0.2, 0) is 0 Å². The van der Waals surface area contributed by atoms with E-state index < -0.39 is 5.97 Å². The second-order valence-electron chi connectivity index (χ2n) is 2.61. The van der Waals surface area contributed by atoms with E-state index in [1.165, 1.54) is 7.11 Å². The van der Waals surface area contributed by atoms with E-state index in [0.717, 1.165) is 9.13 Å². The van der Waals surface area contributed by atoms with E-state index in [4.69, 9.17) is 9.84 Å². The lowest BCUT2D eigenvalue weighted by Crippen LogP contribution is -2.01. The predicted molar refractivity (Wildman–Crippen MR) is 57.4 cm³/mol. The smallest absolute Gasteiger partial charge is 0.336 e. The summed E-state index contributed by atoms with van der Waals surface area (Å²) in [5.74, 6) is -0.319. The Kier molecular flexibility index (Phi) is 3.13. The first-order valence-corrected chi connectivity index (χ1v) is 4.71. The highest BCUT2D eigenvalue weighted by Crippen LogP contribution is 2.23. The van der Waals surface area contributed by atoms with E-state index in [1.807, 2.05) is 29.5 Å². The van der Waals surface area contributed by atoms with Gasteiger partial charge in [-0.05, 0) is 47.2 Å². The SMILES string of the molecule is COc1cc(C(=O)O)c(I)cc1C. The molecular formula is C9H9IO3. The molecule has 0 spiro atoms. The van der Waals surface area contributed by atoms with Crippen LogP contribution in [0.4, 0.5) is 0 Å². The fraction of sp³-hybridized carbons (Fsp3) is 0.222. The number of carbonyl (C=O) groups is 1. The highest BCUT2D eigenvalue weighted by molar-refractivity contribution is 14.1. The molecule has 1 aromatic carbocycles. The molecule has 3 nitrogen and oxygen atoms in total. The van der Waals surface area contributed by atoms with Crippen molar-refractivity contribution in [2.45, 2.75) is 6.92 Å². The standard InChI is InChI=1S/C9H9IO3/c1-5-3-7(10)6(9(11)12)4-8(5)13-2/h3-4H,1-2H3,(H,11,12). The lowest BCUT2D eigenvalue weighted by atomic mass is 10.1. The average molecular weight is 292 g/mol. The first kappa shape index (κ1) is 10.3. The molecule has 1 N–H and O–H groups in total. The molecule has 0 aliphatic rings. The van der Waals surface area contributed by atoms with Gasteiger partial charge >= 0.3 is 5.97 Å². The Balaban J connectivity index is 3.30. The highest BCUT2D eigenvalue weighted by Gasteiger charge is 2.11. The van der Waals surface area contributed by atoms with E-state index in [0.29, 0.717) is 5.75 Å². The van der Waals surface area contributed by atoms with Crippen molar-refractivity contribution in [3.63, 3.8) is 0 Å². The summed E-state index contributed by atoms with van der Waals surface area (Å²) in [5, 5.41) is 8.82. The van der Waals surface area contributed by atoms with E-state index in [9.17, 15) is 4.79 Å². The van der Waals surface area contributed by atoms with Crippen molar-refractivity contribution in [3.05, 3.63) is 26.8 Å². The van der Waals surface area contributed by atoms with Crippen LogP contribution >= 0.6 is 22.6 Å². The minimum Gasteiger partial charge on any atom is -0.496 e. The minimum absolute atomic E-state index is 0.281. The Labute approximate surface area is 89.9 Å². The molecule has 0 bridgehead atoms. The van der Waals surface area contributed by atoms with Crippen LogP contribution in [0.2, 0.25) is 0 Å². The highest BCUT2D eigenvalue weighted by atomic mass is 127. The summed E-state index contributed by atoms with van der Waals surface area (Å²) in [7, 11) is 1.53. The van der Waals surface area contributed by atoms with Gasteiger partial charge in [-0.2, -0.15) is 0 Å². The number of rotatable bonds is 2. The molecule has 0 atom stereocenters. The van der Waals surface area contributed by atoms with Gasteiger partial charge in [-0.1, -0.05) is 0 Å². The molecule has 0 unspecified atom stereocenters. The van der Waals surface area contributed by atoms with Crippen molar-refractivity contribution in [2.24, 2.45) is 0 Å². The fourth-order valence-corrected chi connectivity index (χ4v) is 1.89. The molecule has 0 saturated heterocycles. The van der Waals surface area contributed by atoms with Crippen LogP contribution in [0.5, 0.6) is 5.75 Å². The van der Waals surface area contributed by atoms with Gasteiger partial charge in [0.2, 0.25) is 0 Å². The maximum absolute atomic E-state index is 10.7. The number of hydrogen-bond donors (Lipinski definition) is 1. The van der Waals surface area contributed by atoms with Gasteiger partial charge in [0.15, 0.2) is 0 Å². The largest absolute Gasteiger partial charge is 0.496 e. The number of benzene rings is 1. The second kappa shape index (κ2) is 3.95. The van der Waals surface area contributed by atoms with Crippen LogP contribution < -0.4 is 4.74 Å². The van der Waals surface area contributed by atoms with Crippen molar-refractivity contribution in [1.29, 1.82) is 0 Å². The van der Waals surface area contributed by atoms with Crippen molar-refractivity contribution in [1.82, 2.24) is 0 Å². The summed E-state index contributed by atoms with van der Waals surface area (Å²) >= 11 is 2.00. The van der Waals surface area contributed by atoms with Crippen LogP contribution in [0.3, 0.4) is 0 Å². The van der Waals surface area contributed by atoms with Crippen LogP contribution in [0.25, 0.3) is 0 Å². The van der Waals surface area contributed by atoms with Crippen LogP contribution in [0.1, 0.15) is 15.9 Å². The Morgan fingerprint density at radius 2 is 2.15 bits per heavy atom. The Hall–Kier alpha value is -0.780. The zero-order valence-corrected chi connectivity index (χ0v) is 9.45. The van der Waals surface area contributed by atoms with Crippen LogP contribution in [0, 0.1) is 10.5 Å². The molecule has 0 aromatic heterocycles. The summed E-state index contributed by atoms with van der Waals surface area (Å²) in [4.78, 5) is 10.7. The quantitative estimate of drug-likeness (QED) is 0.851. The fourth-order valence-electron chi connectivity index (χ4n) is 1.04. The number of aromatic carboxylic acids is 1. The Morgan fingerprint density at radius 1 is 1.54 bits per heavy atom. The summed E-state index contributed by atoms with van der Waals surface area (Å²) < 4.78 is 5.75. The third-order valence-corrected chi connectivity index (χ3v) is 2.61. The zero-order chi connectivity index (χ0) is 10.0. The lowest BCUT2D eigenvalue weighted by Gasteiger charge is -2.07. The van der Waals surface area contributed by atoms with E-state index >= 15 is 0 Å². The van der Waals surface area contributed by atoms with Crippen LogP contribution in [-0.4, -0.2) is 18.2 Å². The normalized spacial score (nSPS) is 9.77. The lowest BCUT2D eigenvalue weighted by molar-refractivity contribution is 0.0695. The zero-order valence-electron chi connectivity index (χ0n) is 7.30. The summed E-state index contributed by atoms with van der Waals surface area (Å²) in [6, 6.07) is 3.34. The van der Waals surface area contributed by atoms with Gasteiger partial charge in [-0.15, -0.1) is 0 Å². The molecule has 13 heavy (non-hydrogen) atoms. The first-order chi connectivity index (χ1) is 6.06. The second-order valence-corrected chi connectivity index (χ2v) is 3.77. The van der Waals surface area contributed by atoms with Gasteiger partial charge in [-0.3, -0.25) is 0 Å². The van der Waals surface area contributed by atoms with Gasteiger partial charge in [-0.25, -0.2) is 4.79 Å². The molecule has 0 heterocycles. The van der Waals surface area contributed by atoms with Gasteiger partial charge < -0.3 is 9.84 Å². The van der Waals surface area contributed by atoms with E-state index in [2.05, 4.69) is 0 Å². The van der Waals surface area contributed by atoms with Crippen molar-refractivity contribution >= 4 is 28.6 Å². The van der Waals surface area contributed by atoms with Gasteiger partial charge in [0.1, 0.15) is 5.75 Å². The minimum atomic E-state index is -0.928. The van der Waals surface area contributed by atoms with Crippen molar-refractivity contribution in [2.75, 3.05) is 7.11 Å². The Bertz CT molecular complexity index is 347. The number of carboxylic acid groups (broad SMARTS) is 1. The monoisotopic (exact) mass is 292 g/mol. The van der Waals surface area contributed by atoms with Gasteiger partial charge in [0.25, 0.3) is 0 Å². The number of halogens is 1. The number of aryl methyl sites for hydroxylation is 1.